The first-order valence-electron chi connectivity index (χ1n) is 11.7. The second-order valence-corrected chi connectivity index (χ2v) is 9.13. The zero-order valence-corrected chi connectivity index (χ0v) is 20.9. The average molecular weight is 533 g/mol. The van der Waals surface area contributed by atoms with E-state index in [-0.39, 0.29) is 6.42 Å². The van der Waals surface area contributed by atoms with Crippen molar-refractivity contribution in [2.45, 2.75) is 57.3 Å². The maximum atomic E-state index is 13.0. The van der Waals surface area contributed by atoms with Crippen molar-refractivity contribution in [3.05, 3.63) is 36.0 Å². The number of hydrogen-bond donors (Lipinski definition) is 8. The van der Waals surface area contributed by atoms with Gasteiger partial charge in [0.1, 0.15) is 18.1 Å². The molecule has 0 aliphatic heterocycles. The van der Waals surface area contributed by atoms with Gasteiger partial charge in [-0.05, 0) is 24.0 Å². The number of fused-ring (bicyclic) bond motifs is 1. The quantitative estimate of drug-likeness (QED) is 0.142. The highest BCUT2D eigenvalue weighted by Crippen LogP contribution is 2.18. The molecule has 38 heavy (non-hydrogen) atoms. The van der Waals surface area contributed by atoms with Crippen LogP contribution in [0.25, 0.3) is 10.9 Å². The summed E-state index contributed by atoms with van der Waals surface area (Å²) in [7, 11) is 0. The highest BCUT2D eigenvalue weighted by Gasteiger charge is 2.33. The van der Waals surface area contributed by atoms with Crippen LogP contribution in [0, 0.1) is 5.92 Å². The highest BCUT2D eigenvalue weighted by molar-refractivity contribution is 5.96. The van der Waals surface area contributed by atoms with Crippen LogP contribution in [0.4, 0.5) is 0 Å². The van der Waals surface area contributed by atoms with Gasteiger partial charge in [-0.1, -0.05) is 32.0 Å². The van der Waals surface area contributed by atoms with Crippen molar-refractivity contribution in [3.63, 3.8) is 0 Å². The minimum absolute atomic E-state index is 0.123. The normalized spacial score (nSPS) is 14.2. The summed E-state index contributed by atoms with van der Waals surface area (Å²) < 4.78 is 0. The molecule has 0 radical (unpaired) electrons. The molecule has 4 atom stereocenters. The van der Waals surface area contributed by atoms with Gasteiger partial charge in [-0.2, -0.15) is 0 Å². The lowest BCUT2D eigenvalue weighted by molar-refractivity contribution is -0.147. The zero-order valence-electron chi connectivity index (χ0n) is 20.9. The number of carbonyl (C=O) groups is 6. The summed E-state index contributed by atoms with van der Waals surface area (Å²) in [5, 5.41) is 25.8. The maximum absolute atomic E-state index is 13.0. The number of hydrogen-bond acceptors (Lipinski definition) is 7. The number of aromatic amines is 1. The highest BCUT2D eigenvalue weighted by atomic mass is 16.4. The van der Waals surface area contributed by atoms with Gasteiger partial charge in [0.2, 0.25) is 23.6 Å². The number of amides is 4. The summed E-state index contributed by atoms with van der Waals surface area (Å²) in [6.45, 7) is 3.10. The summed E-state index contributed by atoms with van der Waals surface area (Å²) >= 11 is 0. The average Bonchev–Trinajstić information content (AvgIpc) is 3.23. The van der Waals surface area contributed by atoms with Crippen LogP contribution in [-0.4, -0.2) is 74.9 Å². The van der Waals surface area contributed by atoms with Crippen molar-refractivity contribution in [1.29, 1.82) is 0 Å². The van der Waals surface area contributed by atoms with Crippen molar-refractivity contribution < 1.29 is 39.0 Å². The third-order valence-corrected chi connectivity index (χ3v) is 5.73. The fourth-order valence-corrected chi connectivity index (χ4v) is 3.74. The molecule has 2 aromatic rings. The van der Waals surface area contributed by atoms with Crippen molar-refractivity contribution in [2.24, 2.45) is 17.4 Å². The molecule has 1 heterocycles. The minimum Gasteiger partial charge on any atom is -0.481 e. The van der Waals surface area contributed by atoms with Gasteiger partial charge in [0.05, 0.1) is 18.9 Å². The number of rotatable bonds is 14. The Bertz CT molecular complexity index is 1210. The first-order chi connectivity index (χ1) is 17.8. The van der Waals surface area contributed by atoms with E-state index in [0.29, 0.717) is 0 Å². The van der Waals surface area contributed by atoms with Crippen molar-refractivity contribution in [1.82, 2.24) is 20.9 Å². The molecule has 14 nitrogen and oxygen atoms in total. The van der Waals surface area contributed by atoms with Crippen LogP contribution >= 0.6 is 0 Å². The molecular formula is C24H32N6O8. The van der Waals surface area contributed by atoms with Crippen LogP contribution in [0.15, 0.2) is 30.5 Å². The second-order valence-electron chi connectivity index (χ2n) is 9.13. The lowest BCUT2D eigenvalue weighted by Gasteiger charge is -2.26. The van der Waals surface area contributed by atoms with Gasteiger partial charge >= 0.3 is 11.9 Å². The van der Waals surface area contributed by atoms with E-state index in [9.17, 15) is 33.9 Å². The molecule has 1 aromatic carbocycles. The Balaban J connectivity index is 2.12. The first-order valence-corrected chi connectivity index (χ1v) is 11.7. The third-order valence-electron chi connectivity index (χ3n) is 5.73. The molecule has 0 saturated heterocycles. The number of nitrogens with two attached hydrogens (primary N) is 2. The van der Waals surface area contributed by atoms with Gasteiger partial charge in [0.25, 0.3) is 0 Å². The standard InChI is InChI=1S/C24H32N6O8/c1-11(2)20(23(36)29-17(24(37)38)9-19(32)33)30-22(35)16(8-18(26)31)28-21(34)14(25)7-12-10-27-15-6-4-3-5-13(12)15/h3-6,10-11,14,16-17,20,27H,7-9,25H2,1-2H3,(H2,26,31)(H,28,34)(H,29,36)(H,30,35)(H,32,33)(H,37,38). The van der Waals surface area contributed by atoms with E-state index in [0.717, 1.165) is 16.5 Å². The molecule has 10 N–H and O–H groups in total. The van der Waals surface area contributed by atoms with Gasteiger partial charge in [-0.15, -0.1) is 0 Å². The summed E-state index contributed by atoms with van der Waals surface area (Å²) in [5.74, 6) is -7.14. The van der Waals surface area contributed by atoms with E-state index in [2.05, 4.69) is 20.9 Å². The van der Waals surface area contributed by atoms with Crippen LogP contribution in [-0.2, 0) is 35.2 Å². The molecule has 14 heteroatoms. The van der Waals surface area contributed by atoms with Crippen LogP contribution in [0.3, 0.4) is 0 Å². The number of carboxylic acids is 2. The lowest BCUT2D eigenvalue weighted by Crippen LogP contribution is -2.59. The molecular weight excluding hydrogens is 500 g/mol. The zero-order chi connectivity index (χ0) is 28.6. The molecule has 1 aromatic heterocycles. The molecule has 0 fully saturated rings. The smallest absolute Gasteiger partial charge is 0.326 e. The van der Waals surface area contributed by atoms with Crippen molar-refractivity contribution in [2.75, 3.05) is 0 Å². The largest absolute Gasteiger partial charge is 0.481 e. The van der Waals surface area contributed by atoms with E-state index >= 15 is 0 Å². The minimum atomic E-state index is -1.73. The Morgan fingerprint density at radius 3 is 2.11 bits per heavy atom. The summed E-state index contributed by atoms with van der Waals surface area (Å²) in [4.78, 5) is 75.4. The molecule has 0 aliphatic carbocycles. The number of benzene rings is 1. The predicted molar refractivity (Wildman–Crippen MR) is 134 cm³/mol. The van der Waals surface area contributed by atoms with Crippen molar-refractivity contribution in [3.8, 4) is 0 Å². The second kappa shape index (κ2) is 13.2. The number of para-hydroxylation sites is 1. The summed E-state index contributed by atoms with van der Waals surface area (Å²) in [6, 6.07) is 1.79. The van der Waals surface area contributed by atoms with E-state index < -0.39 is 78.5 Å². The van der Waals surface area contributed by atoms with Crippen LogP contribution < -0.4 is 27.4 Å². The third kappa shape index (κ3) is 8.30. The van der Waals surface area contributed by atoms with Gasteiger partial charge < -0.3 is 42.6 Å². The topological polar surface area (TPSA) is 247 Å². The van der Waals surface area contributed by atoms with Gasteiger partial charge in [0, 0.05) is 17.1 Å². The number of aromatic nitrogens is 1. The van der Waals surface area contributed by atoms with E-state index in [1.54, 1.807) is 20.0 Å². The molecule has 0 saturated carbocycles. The molecule has 4 amide bonds. The number of primary amides is 1. The maximum Gasteiger partial charge on any atom is 0.326 e. The van der Waals surface area contributed by atoms with Crippen molar-refractivity contribution >= 4 is 46.5 Å². The van der Waals surface area contributed by atoms with Gasteiger partial charge in [-0.25, -0.2) is 4.79 Å². The molecule has 0 aliphatic rings. The Morgan fingerprint density at radius 2 is 1.53 bits per heavy atom. The van der Waals surface area contributed by atoms with Gasteiger partial charge in [-0.3, -0.25) is 24.0 Å². The molecule has 206 valence electrons. The number of carboxylic acid groups (broad SMARTS) is 2. The molecule has 0 spiro atoms. The SMILES string of the molecule is CC(C)C(NC(=O)C(CC(N)=O)NC(=O)C(N)Cc1c[nH]c2ccccc12)C(=O)NC(CC(=O)O)C(=O)O. The molecule has 2 rings (SSSR count). The first kappa shape index (κ1) is 29.8. The van der Waals surface area contributed by atoms with Gasteiger partial charge in [0.15, 0.2) is 0 Å². The van der Waals surface area contributed by atoms with Crippen LogP contribution in [0.5, 0.6) is 0 Å². The Labute approximate surface area is 217 Å². The summed E-state index contributed by atoms with van der Waals surface area (Å²) in [6.07, 6.45) is 0.360. The fraction of sp³-hybridized carbons (Fsp3) is 0.417. The lowest BCUT2D eigenvalue weighted by atomic mass is 10.0. The summed E-state index contributed by atoms with van der Waals surface area (Å²) in [5.41, 5.74) is 12.9. The Kier molecular flexibility index (Phi) is 10.3. The number of H-pyrrole nitrogens is 1. The molecule has 0 bridgehead atoms. The fourth-order valence-electron chi connectivity index (χ4n) is 3.74. The molecule has 4 unspecified atom stereocenters. The van der Waals surface area contributed by atoms with Crippen LogP contribution in [0.1, 0.15) is 32.3 Å². The van der Waals surface area contributed by atoms with E-state index in [1.165, 1.54) is 0 Å². The van der Waals surface area contributed by atoms with E-state index in [4.69, 9.17) is 16.6 Å². The number of nitrogens with one attached hydrogen (secondary N) is 4. The van der Waals surface area contributed by atoms with Crippen LogP contribution in [0.2, 0.25) is 0 Å². The number of aliphatic carboxylic acids is 2. The number of carbonyl (C=O) groups excluding carboxylic acids is 4. The monoisotopic (exact) mass is 532 g/mol. The Hall–Kier alpha value is -4.46. The Morgan fingerprint density at radius 1 is 0.895 bits per heavy atom. The predicted octanol–water partition coefficient (Wildman–Crippen LogP) is -1.42. The van der Waals surface area contributed by atoms with E-state index in [1.807, 2.05) is 24.3 Å².